The maximum Gasteiger partial charge on any atom is 0.131 e. The van der Waals surface area contributed by atoms with Gasteiger partial charge in [-0.3, -0.25) is 0 Å². The fraction of sp³-hybridized carbons (Fsp3) is 0.455. The number of thiophene rings is 1. The first-order chi connectivity index (χ1) is 8.74. The number of rotatable bonds is 5. The third-order valence-electron chi connectivity index (χ3n) is 2.76. The van der Waals surface area contributed by atoms with Crippen LogP contribution in [0.3, 0.4) is 0 Å². The van der Waals surface area contributed by atoms with Crippen molar-refractivity contribution < 1.29 is 0 Å². The SMILES string of the molecule is Clc1scc(CNCc2nnc(C3CC3)s2)c1Cl. The van der Waals surface area contributed by atoms with Gasteiger partial charge in [0.1, 0.15) is 14.4 Å². The first-order valence-electron chi connectivity index (χ1n) is 5.68. The van der Waals surface area contributed by atoms with Gasteiger partial charge in [-0.1, -0.05) is 34.5 Å². The molecule has 3 rings (SSSR count). The Hall–Kier alpha value is -0.200. The lowest BCUT2D eigenvalue weighted by Crippen LogP contribution is -2.12. The number of halogens is 2. The molecule has 1 fully saturated rings. The van der Waals surface area contributed by atoms with Crippen LogP contribution in [0.25, 0.3) is 0 Å². The molecule has 2 aromatic heterocycles. The Morgan fingerprint density at radius 2 is 2.11 bits per heavy atom. The minimum Gasteiger partial charge on any atom is -0.306 e. The maximum atomic E-state index is 6.06. The molecule has 0 aromatic carbocycles. The Morgan fingerprint density at radius 1 is 1.28 bits per heavy atom. The van der Waals surface area contributed by atoms with Crippen LogP contribution >= 0.6 is 45.9 Å². The van der Waals surface area contributed by atoms with E-state index in [-0.39, 0.29) is 0 Å². The molecule has 3 nitrogen and oxygen atoms in total. The van der Waals surface area contributed by atoms with E-state index in [1.54, 1.807) is 11.3 Å². The summed E-state index contributed by atoms with van der Waals surface area (Å²) in [4.78, 5) is 0. The van der Waals surface area contributed by atoms with E-state index in [1.807, 2.05) is 5.38 Å². The minimum absolute atomic E-state index is 0.653. The van der Waals surface area contributed by atoms with Crippen molar-refractivity contribution in [2.45, 2.75) is 31.8 Å². The van der Waals surface area contributed by atoms with Gasteiger partial charge >= 0.3 is 0 Å². The summed E-state index contributed by atoms with van der Waals surface area (Å²) in [6.45, 7) is 1.44. The van der Waals surface area contributed by atoms with E-state index in [1.165, 1.54) is 29.2 Å². The zero-order valence-electron chi connectivity index (χ0n) is 9.45. The number of hydrogen-bond acceptors (Lipinski definition) is 5. The van der Waals surface area contributed by atoms with Gasteiger partial charge in [-0.25, -0.2) is 0 Å². The molecule has 1 aliphatic carbocycles. The van der Waals surface area contributed by atoms with Crippen molar-refractivity contribution in [1.82, 2.24) is 15.5 Å². The van der Waals surface area contributed by atoms with Crippen molar-refractivity contribution in [2.75, 3.05) is 0 Å². The second-order valence-corrected chi connectivity index (χ2v) is 7.21. The third kappa shape index (κ3) is 2.86. The molecule has 2 heterocycles. The Bertz CT molecular complexity index is 548. The summed E-state index contributed by atoms with van der Waals surface area (Å²) in [6.07, 6.45) is 2.54. The zero-order chi connectivity index (χ0) is 12.5. The molecule has 0 unspecified atom stereocenters. The molecule has 96 valence electrons. The normalized spacial score (nSPS) is 15.2. The molecule has 0 amide bonds. The summed E-state index contributed by atoms with van der Waals surface area (Å²) < 4.78 is 0.653. The summed E-state index contributed by atoms with van der Waals surface area (Å²) in [7, 11) is 0. The molecular weight excluding hydrogens is 309 g/mol. The largest absolute Gasteiger partial charge is 0.306 e. The van der Waals surface area contributed by atoms with Gasteiger partial charge < -0.3 is 5.32 Å². The number of aromatic nitrogens is 2. The lowest BCUT2D eigenvalue weighted by molar-refractivity contribution is 0.685. The lowest BCUT2D eigenvalue weighted by Gasteiger charge is -2.00. The van der Waals surface area contributed by atoms with Crippen molar-refractivity contribution in [1.29, 1.82) is 0 Å². The van der Waals surface area contributed by atoms with Gasteiger partial charge in [-0.2, -0.15) is 0 Å². The minimum atomic E-state index is 0.653. The molecule has 0 spiro atoms. The summed E-state index contributed by atoms with van der Waals surface area (Å²) in [5.41, 5.74) is 1.04. The molecule has 7 heteroatoms. The van der Waals surface area contributed by atoms with Gasteiger partial charge in [0.05, 0.1) is 5.02 Å². The predicted octanol–water partition coefficient (Wildman–Crippen LogP) is 4.07. The monoisotopic (exact) mass is 319 g/mol. The van der Waals surface area contributed by atoms with Gasteiger partial charge in [-0.05, 0) is 23.8 Å². The molecule has 1 saturated carbocycles. The highest BCUT2D eigenvalue weighted by atomic mass is 35.5. The van der Waals surface area contributed by atoms with Crippen LogP contribution < -0.4 is 5.32 Å². The van der Waals surface area contributed by atoms with Crippen molar-refractivity contribution in [3.8, 4) is 0 Å². The molecule has 0 aliphatic heterocycles. The van der Waals surface area contributed by atoms with Crippen LogP contribution in [-0.2, 0) is 13.1 Å². The number of hydrogen-bond donors (Lipinski definition) is 1. The summed E-state index contributed by atoms with van der Waals surface area (Å²) in [5.74, 6) is 0.682. The number of nitrogens with zero attached hydrogens (tertiary/aromatic N) is 2. The zero-order valence-corrected chi connectivity index (χ0v) is 12.6. The first-order valence-corrected chi connectivity index (χ1v) is 8.13. The molecule has 0 bridgehead atoms. The highest BCUT2D eigenvalue weighted by Gasteiger charge is 2.27. The van der Waals surface area contributed by atoms with E-state index in [0.29, 0.717) is 21.8 Å². The average Bonchev–Trinajstić information content (AvgIpc) is 3.04. The summed E-state index contributed by atoms with van der Waals surface area (Å²) in [6, 6.07) is 0. The predicted molar refractivity (Wildman–Crippen MR) is 76.8 cm³/mol. The average molecular weight is 320 g/mol. The molecule has 1 aliphatic rings. The maximum absolute atomic E-state index is 6.06. The smallest absolute Gasteiger partial charge is 0.131 e. The van der Waals surface area contributed by atoms with Crippen molar-refractivity contribution in [3.63, 3.8) is 0 Å². The Labute approximate surface area is 123 Å². The van der Waals surface area contributed by atoms with E-state index in [0.717, 1.165) is 17.1 Å². The summed E-state index contributed by atoms with van der Waals surface area (Å²) in [5, 5.41) is 16.6. The van der Waals surface area contributed by atoms with Crippen molar-refractivity contribution in [3.05, 3.63) is 30.3 Å². The topological polar surface area (TPSA) is 37.8 Å². The summed E-state index contributed by atoms with van der Waals surface area (Å²) >= 11 is 15.1. The van der Waals surface area contributed by atoms with Crippen LogP contribution in [0.5, 0.6) is 0 Å². The van der Waals surface area contributed by atoms with E-state index < -0.39 is 0 Å². The lowest BCUT2D eigenvalue weighted by atomic mass is 10.3. The fourth-order valence-corrected chi connectivity index (χ4v) is 3.85. The second kappa shape index (κ2) is 5.43. The van der Waals surface area contributed by atoms with Crippen molar-refractivity contribution in [2.24, 2.45) is 0 Å². The van der Waals surface area contributed by atoms with Crippen LogP contribution in [0.15, 0.2) is 5.38 Å². The van der Waals surface area contributed by atoms with Gasteiger partial charge in [0.25, 0.3) is 0 Å². The highest BCUT2D eigenvalue weighted by molar-refractivity contribution is 7.15. The van der Waals surface area contributed by atoms with E-state index in [9.17, 15) is 0 Å². The van der Waals surface area contributed by atoms with Crippen LogP contribution in [0.2, 0.25) is 9.36 Å². The number of nitrogens with one attached hydrogen (secondary N) is 1. The molecular formula is C11H11Cl2N3S2. The Kier molecular flexibility index (Phi) is 3.86. The molecule has 1 N–H and O–H groups in total. The van der Waals surface area contributed by atoms with Gasteiger partial charge in [0, 0.05) is 19.0 Å². The molecule has 0 radical (unpaired) electrons. The highest BCUT2D eigenvalue weighted by Crippen LogP contribution is 2.41. The molecule has 0 saturated heterocycles. The van der Waals surface area contributed by atoms with Gasteiger partial charge in [-0.15, -0.1) is 21.5 Å². The van der Waals surface area contributed by atoms with Crippen molar-refractivity contribution >= 4 is 45.9 Å². The Balaban J connectivity index is 1.53. The van der Waals surface area contributed by atoms with Crippen LogP contribution in [-0.4, -0.2) is 10.2 Å². The van der Waals surface area contributed by atoms with E-state index >= 15 is 0 Å². The molecule has 2 aromatic rings. The second-order valence-electron chi connectivity index (χ2n) is 4.26. The van der Waals surface area contributed by atoms with Crippen LogP contribution in [0.1, 0.15) is 34.3 Å². The first kappa shape index (κ1) is 12.8. The standard InChI is InChI=1S/C11H11Cl2N3S2/c12-9-7(5-17-10(9)13)3-14-4-8-15-16-11(18-8)6-1-2-6/h5-6,14H,1-4H2. The van der Waals surface area contributed by atoms with Gasteiger partial charge in [0.2, 0.25) is 0 Å². The third-order valence-corrected chi connectivity index (χ3v) is 5.76. The molecule has 18 heavy (non-hydrogen) atoms. The molecule has 0 atom stereocenters. The van der Waals surface area contributed by atoms with Crippen LogP contribution in [0, 0.1) is 0 Å². The quantitative estimate of drug-likeness (QED) is 0.902. The van der Waals surface area contributed by atoms with Crippen LogP contribution in [0.4, 0.5) is 0 Å². The van der Waals surface area contributed by atoms with E-state index in [4.69, 9.17) is 23.2 Å². The fourth-order valence-electron chi connectivity index (χ4n) is 1.61. The Morgan fingerprint density at radius 3 is 2.78 bits per heavy atom. The van der Waals surface area contributed by atoms with Gasteiger partial charge in [0.15, 0.2) is 0 Å². The van der Waals surface area contributed by atoms with E-state index in [2.05, 4.69) is 15.5 Å².